The van der Waals surface area contributed by atoms with Crippen LogP contribution in [0.1, 0.15) is 51.2 Å². The van der Waals surface area contributed by atoms with Gasteiger partial charge in [-0.15, -0.1) is 0 Å². The Morgan fingerprint density at radius 1 is 1.03 bits per heavy atom. The first kappa shape index (κ1) is 24.3. The van der Waals surface area contributed by atoms with E-state index in [1.165, 1.54) is 5.56 Å². The van der Waals surface area contributed by atoms with Crippen molar-refractivity contribution in [1.29, 1.82) is 0 Å². The minimum absolute atomic E-state index is 0.138. The third-order valence-electron chi connectivity index (χ3n) is 5.13. The maximum Gasteiger partial charge on any atom is 0.261 e. The molecule has 31 heavy (non-hydrogen) atoms. The van der Waals surface area contributed by atoms with Crippen LogP contribution in [0.15, 0.2) is 48.5 Å². The molecule has 0 saturated carbocycles. The van der Waals surface area contributed by atoms with Crippen LogP contribution in [0.4, 0.5) is 0 Å². The summed E-state index contributed by atoms with van der Waals surface area (Å²) in [4.78, 5) is 27.4. The zero-order valence-corrected chi connectivity index (χ0v) is 19.2. The molecule has 2 aromatic rings. The lowest BCUT2D eigenvalue weighted by Crippen LogP contribution is -2.50. The SMILES string of the molecule is CCNC(=O)C(CC)N(Cc1cccc(OC)c1)C(=O)COc1ccc(C(C)C)cc1. The smallest absolute Gasteiger partial charge is 0.261 e. The van der Waals surface area contributed by atoms with Crippen molar-refractivity contribution in [3.05, 3.63) is 59.7 Å². The van der Waals surface area contributed by atoms with Crippen molar-refractivity contribution in [3.8, 4) is 11.5 Å². The summed E-state index contributed by atoms with van der Waals surface area (Å²) in [6.45, 7) is 8.68. The standard InChI is InChI=1S/C25H34N2O4/c1-6-23(25(29)26-7-2)27(16-19-9-8-10-22(15-19)30-5)24(28)17-31-21-13-11-20(12-14-21)18(3)4/h8-15,18,23H,6-7,16-17H2,1-5H3,(H,26,29). The highest BCUT2D eigenvalue weighted by atomic mass is 16.5. The number of likely N-dealkylation sites (N-methyl/N-ethyl adjacent to an activating group) is 1. The van der Waals surface area contributed by atoms with Gasteiger partial charge in [0, 0.05) is 13.1 Å². The van der Waals surface area contributed by atoms with Gasteiger partial charge in [0.15, 0.2) is 6.61 Å². The van der Waals surface area contributed by atoms with E-state index in [0.29, 0.717) is 36.9 Å². The number of amides is 2. The van der Waals surface area contributed by atoms with E-state index in [9.17, 15) is 9.59 Å². The third-order valence-corrected chi connectivity index (χ3v) is 5.13. The highest BCUT2D eigenvalue weighted by molar-refractivity contribution is 5.88. The maximum atomic E-state index is 13.1. The van der Waals surface area contributed by atoms with E-state index in [4.69, 9.17) is 9.47 Å². The summed E-state index contributed by atoms with van der Waals surface area (Å²) in [5.74, 6) is 1.36. The van der Waals surface area contributed by atoms with Crippen LogP contribution in [0.2, 0.25) is 0 Å². The van der Waals surface area contributed by atoms with Gasteiger partial charge in [-0.3, -0.25) is 9.59 Å². The van der Waals surface area contributed by atoms with E-state index in [-0.39, 0.29) is 18.4 Å². The van der Waals surface area contributed by atoms with E-state index in [1.807, 2.05) is 62.4 Å². The highest BCUT2D eigenvalue weighted by Gasteiger charge is 2.28. The summed E-state index contributed by atoms with van der Waals surface area (Å²) in [5.41, 5.74) is 2.09. The summed E-state index contributed by atoms with van der Waals surface area (Å²) in [5, 5.41) is 2.83. The fourth-order valence-corrected chi connectivity index (χ4v) is 3.36. The second kappa shape index (κ2) is 12.0. The van der Waals surface area contributed by atoms with Crippen LogP contribution in [0, 0.1) is 0 Å². The first-order valence-electron chi connectivity index (χ1n) is 10.8. The molecule has 0 saturated heterocycles. The summed E-state index contributed by atoms with van der Waals surface area (Å²) in [6.07, 6.45) is 0.505. The average Bonchev–Trinajstić information content (AvgIpc) is 2.77. The lowest BCUT2D eigenvalue weighted by molar-refractivity contribution is -0.142. The minimum Gasteiger partial charge on any atom is -0.497 e. The number of carbonyl (C=O) groups excluding carboxylic acids is 2. The van der Waals surface area contributed by atoms with Gasteiger partial charge in [-0.25, -0.2) is 0 Å². The Balaban J connectivity index is 2.18. The Morgan fingerprint density at radius 2 is 1.74 bits per heavy atom. The molecule has 2 rings (SSSR count). The van der Waals surface area contributed by atoms with E-state index in [2.05, 4.69) is 19.2 Å². The first-order chi connectivity index (χ1) is 14.9. The molecular formula is C25H34N2O4. The molecule has 0 heterocycles. The monoisotopic (exact) mass is 426 g/mol. The fourth-order valence-electron chi connectivity index (χ4n) is 3.36. The van der Waals surface area contributed by atoms with E-state index in [0.717, 1.165) is 5.56 Å². The van der Waals surface area contributed by atoms with E-state index >= 15 is 0 Å². The zero-order chi connectivity index (χ0) is 22.8. The van der Waals surface area contributed by atoms with Gasteiger partial charge in [0.25, 0.3) is 5.91 Å². The summed E-state index contributed by atoms with van der Waals surface area (Å²) in [7, 11) is 1.60. The molecule has 0 aromatic heterocycles. The predicted molar refractivity (Wildman–Crippen MR) is 122 cm³/mol. The molecule has 6 nitrogen and oxygen atoms in total. The lowest BCUT2D eigenvalue weighted by atomic mass is 10.0. The number of nitrogens with one attached hydrogen (secondary N) is 1. The van der Waals surface area contributed by atoms with Crippen molar-refractivity contribution >= 4 is 11.8 Å². The van der Waals surface area contributed by atoms with Crippen LogP contribution in [0.3, 0.4) is 0 Å². The number of benzene rings is 2. The van der Waals surface area contributed by atoms with Crippen LogP contribution >= 0.6 is 0 Å². The van der Waals surface area contributed by atoms with Crippen molar-refractivity contribution in [3.63, 3.8) is 0 Å². The van der Waals surface area contributed by atoms with Crippen molar-refractivity contribution in [2.24, 2.45) is 0 Å². The Hall–Kier alpha value is -3.02. The predicted octanol–water partition coefficient (Wildman–Crippen LogP) is 4.14. The molecule has 0 bridgehead atoms. The number of nitrogens with zero attached hydrogens (tertiary/aromatic N) is 1. The number of ether oxygens (including phenoxy) is 2. The van der Waals surface area contributed by atoms with Crippen molar-refractivity contribution in [1.82, 2.24) is 10.2 Å². The molecule has 168 valence electrons. The Labute approximate surface area is 185 Å². The van der Waals surface area contributed by atoms with Crippen LogP contribution in [0.5, 0.6) is 11.5 Å². The molecule has 6 heteroatoms. The van der Waals surface area contributed by atoms with Gasteiger partial charge < -0.3 is 19.7 Å². The van der Waals surface area contributed by atoms with Crippen molar-refractivity contribution < 1.29 is 19.1 Å². The largest absolute Gasteiger partial charge is 0.497 e. The normalized spacial score (nSPS) is 11.7. The number of hydrogen-bond acceptors (Lipinski definition) is 4. The van der Waals surface area contributed by atoms with Crippen molar-refractivity contribution in [2.45, 2.75) is 52.6 Å². The molecule has 0 aliphatic rings. The second-order valence-electron chi connectivity index (χ2n) is 7.70. The van der Waals surface area contributed by atoms with Crippen LogP contribution in [-0.4, -0.2) is 43.0 Å². The van der Waals surface area contributed by atoms with Crippen molar-refractivity contribution in [2.75, 3.05) is 20.3 Å². The number of rotatable bonds is 11. The lowest BCUT2D eigenvalue weighted by Gasteiger charge is -2.30. The molecule has 0 aliphatic heterocycles. The Morgan fingerprint density at radius 3 is 2.32 bits per heavy atom. The topological polar surface area (TPSA) is 67.9 Å². The van der Waals surface area contributed by atoms with E-state index < -0.39 is 6.04 Å². The number of carbonyl (C=O) groups is 2. The maximum absolute atomic E-state index is 13.1. The molecule has 1 N–H and O–H groups in total. The van der Waals surface area contributed by atoms with Gasteiger partial charge in [0.05, 0.1) is 7.11 Å². The summed E-state index contributed by atoms with van der Waals surface area (Å²) >= 11 is 0. The third kappa shape index (κ3) is 7.02. The van der Waals surface area contributed by atoms with Gasteiger partial charge in [-0.1, -0.05) is 45.0 Å². The Kier molecular flexibility index (Phi) is 9.38. The number of hydrogen-bond donors (Lipinski definition) is 1. The minimum atomic E-state index is -0.578. The summed E-state index contributed by atoms with van der Waals surface area (Å²) < 4.78 is 11.0. The zero-order valence-electron chi connectivity index (χ0n) is 19.2. The first-order valence-corrected chi connectivity index (χ1v) is 10.8. The molecule has 2 aromatic carbocycles. The van der Waals surface area contributed by atoms with Gasteiger partial charge >= 0.3 is 0 Å². The van der Waals surface area contributed by atoms with E-state index in [1.54, 1.807) is 12.0 Å². The van der Waals surface area contributed by atoms with Gasteiger partial charge in [0.2, 0.25) is 5.91 Å². The molecule has 0 fully saturated rings. The van der Waals surface area contributed by atoms with Crippen LogP contribution in [-0.2, 0) is 16.1 Å². The molecule has 0 radical (unpaired) electrons. The molecule has 1 atom stereocenters. The second-order valence-corrected chi connectivity index (χ2v) is 7.70. The van der Waals surface area contributed by atoms with Gasteiger partial charge in [-0.05, 0) is 54.7 Å². The van der Waals surface area contributed by atoms with Gasteiger partial charge in [-0.2, -0.15) is 0 Å². The molecule has 1 unspecified atom stereocenters. The summed E-state index contributed by atoms with van der Waals surface area (Å²) in [6, 6.07) is 14.7. The number of methoxy groups -OCH3 is 1. The Bertz CT molecular complexity index is 849. The average molecular weight is 427 g/mol. The fraction of sp³-hybridized carbons (Fsp3) is 0.440. The van der Waals surface area contributed by atoms with Crippen LogP contribution < -0.4 is 14.8 Å². The quantitative estimate of drug-likeness (QED) is 0.586. The molecular weight excluding hydrogens is 392 g/mol. The molecule has 0 spiro atoms. The highest BCUT2D eigenvalue weighted by Crippen LogP contribution is 2.20. The molecule has 2 amide bonds. The van der Waals surface area contributed by atoms with Gasteiger partial charge in [0.1, 0.15) is 17.5 Å². The van der Waals surface area contributed by atoms with Crippen LogP contribution in [0.25, 0.3) is 0 Å². The molecule has 0 aliphatic carbocycles.